The first-order chi connectivity index (χ1) is 9.88. The van der Waals surface area contributed by atoms with Crippen LogP contribution in [0.3, 0.4) is 0 Å². The Labute approximate surface area is 122 Å². The van der Waals surface area contributed by atoms with Crippen LogP contribution >= 0.6 is 0 Å². The summed E-state index contributed by atoms with van der Waals surface area (Å²) in [7, 11) is 0. The maximum absolute atomic E-state index is 11.5. The van der Waals surface area contributed by atoms with E-state index in [1.54, 1.807) is 6.92 Å². The molecule has 0 aliphatic heterocycles. The van der Waals surface area contributed by atoms with Gasteiger partial charge in [-0.1, -0.05) is 12.2 Å². The summed E-state index contributed by atoms with van der Waals surface area (Å²) < 4.78 is 4.98. The van der Waals surface area contributed by atoms with E-state index in [1.165, 1.54) is 18.2 Å². The first-order valence-electron chi connectivity index (χ1n) is 6.57. The molecule has 7 nitrogen and oxygen atoms in total. The number of amides is 1. The van der Waals surface area contributed by atoms with Crippen LogP contribution in [0.4, 0.5) is 0 Å². The quantitative estimate of drug-likeness (QED) is 0.343. The number of carbonyl (C=O) groups excluding carboxylic acids is 2. The van der Waals surface area contributed by atoms with Gasteiger partial charge in [0, 0.05) is 29.9 Å². The zero-order valence-electron chi connectivity index (χ0n) is 11.7. The fourth-order valence-electron chi connectivity index (χ4n) is 1.90. The van der Waals surface area contributed by atoms with Crippen molar-refractivity contribution in [1.82, 2.24) is 0 Å². The van der Waals surface area contributed by atoms with Gasteiger partial charge in [-0.2, -0.15) is 0 Å². The zero-order chi connectivity index (χ0) is 15.8. The van der Waals surface area contributed by atoms with Crippen LogP contribution in [0.2, 0.25) is 0 Å². The van der Waals surface area contributed by atoms with Gasteiger partial charge >= 0.3 is 5.97 Å². The molecular formula is C14H18N2O5. The standard InChI is InChI=1S/C14H18N2O5/c1-10(5-7-13(15)17)21-14(18)8-6-11-3-2-4-12(9-11)16(19)20/h3,5-8,10,12H,2,4,9H2,1H3,(H2,15,17)/b7-5-,8-6+. The van der Waals surface area contributed by atoms with E-state index >= 15 is 0 Å². The summed E-state index contributed by atoms with van der Waals surface area (Å²) in [6.45, 7) is 1.59. The number of primary amides is 1. The van der Waals surface area contributed by atoms with Gasteiger partial charge in [0.15, 0.2) is 0 Å². The Hall–Kier alpha value is -2.44. The number of rotatable bonds is 6. The Bertz CT molecular complexity index is 507. The van der Waals surface area contributed by atoms with E-state index < -0.39 is 24.0 Å². The van der Waals surface area contributed by atoms with Crippen molar-refractivity contribution in [2.75, 3.05) is 0 Å². The molecule has 0 bridgehead atoms. The van der Waals surface area contributed by atoms with Gasteiger partial charge in [0.2, 0.25) is 11.9 Å². The molecule has 0 aromatic heterocycles. The average molecular weight is 294 g/mol. The fraction of sp³-hybridized carbons (Fsp3) is 0.429. The molecule has 2 atom stereocenters. The molecule has 0 saturated carbocycles. The third kappa shape index (κ3) is 6.51. The molecule has 1 rings (SSSR count). The Morgan fingerprint density at radius 1 is 1.52 bits per heavy atom. The van der Waals surface area contributed by atoms with Crippen molar-refractivity contribution in [3.8, 4) is 0 Å². The molecule has 0 heterocycles. The van der Waals surface area contributed by atoms with Gasteiger partial charge in [0.1, 0.15) is 6.10 Å². The Balaban J connectivity index is 2.49. The monoisotopic (exact) mass is 294 g/mol. The van der Waals surface area contributed by atoms with Gasteiger partial charge in [-0.05, 0) is 25.0 Å². The predicted molar refractivity (Wildman–Crippen MR) is 75.7 cm³/mol. The summed E-state index contributed by atoms with van der Waals surface area (Å²) >= 11 is 0. The van der Waals surface area contributed by atoms with E-state index in [4.69, 9.17) is 10.5 Å². The van der Waals surface area contributed by atoms with Crippen LogP contribution < -0.4 is 5.73 Å². The summed E-state index contributed by atoms with van der Waals surface area (Å²) in [5.41, 5.74) is 5.67. The molecule has 0 fully saturated rings. The summed E-state index contributed by atoms with van der Waals surface area (Å²) in [5.74, 6) is -1.20. The van der Waals surface area contributed by atoms with Crippen molar-refractivity contribution < 1.29 is 19.2 Å². The molecule has 1 amide bonds. The molecule has 7 heteroatoms. The maximum atomic E-state index is 11.5. The number of carbonyl (C=O) groups is 2. The van der Waals surface area contributed by atoms with Crippen molar-refractivity contribution in [3.63, 3.8) is 0 Å². The number of nitrogens with zero attached hydrogens (tertiary/aromatic N) is 1. The molecule has 1 aliphatic rings. The second-order valence-electron chi connectivity index (χ2n) is 4.74. The van der Waals surface area contributed by atoms with Gasteiger partial charge in [-0.3, -0.25) is 14.9 Å². The molecule has 114 valence electrons. The van der Waals surface area contributed by atoms with Crippen LogP contribution in [0.5, 0.6) is 0 Å². The second kappa shape index (κ2) is 7.98. The number of esters is 1. The van der Waals surface area contributed by atoms with E-state index in [1.807, 2.05) is 6.08 Å². The highest BCUT2D eigenvalue weighted by atomic mass is 16.6. The van der Waals surface area contributed by atoms with E-state index in [9.17, 15) is 19.7 Å². The minimum atomic E-state index is -0.619. The third-order valence-corrected chi connectivity index (χ3v) is 2.94. The van der Waals surface area contributed by atoms with Gasteiger partial charge < -0.3 is 10.5 Å². The summed E-state index contributed by atoms with van der Waals surface area (Å²) in [4.78, 5) is 32.5. The molecule has 0 radical (unpaired) electrons. The Morgan fingerprint density at radius 2 is 2.24 bits per heavy atom. The molecule has 0 aromatic carbocycles. The predicted octanol–water partition coefficient (Wildman–Crippen LogP) is 1.27. The lowest BCUT2D eigenvalue weighted by atomic mass is 9.95. The van der Waals surface area contributed by atoms with Crippen molar-refractivity contribution in [1.29, 1.82) is 0 Å². The van der Waals surface area contributed by atoms with E-state index in [-0.39, 0.29) is 4.92 Å². The molecule has 0 spiro atoms. The smallest absolute Gasteiger partial charge is 0.331 e. The van der Waals surface area contributed by atoms with Crippen LogP contribution in [0, 0.1) is 10.1 Å². The lowest BCUT2D eigenvalue weighted by molar-refractivity contribution is -0.523. The zero-order valence-corrected chi connectivity index (χ0v) is 11.7. The lowest BCUT2D eigenvalue weighted by Gasteiger charge is -2.14. The van der Waals surface area contributed by atoms with Gasteiger partial charge in [-0.15, -0.1) is 0 Å². The van der Waals surface area contributed by atoms with Crippen molar-refractivity contribution in [2.24, 2.45) is 5.73 Å². The molecular weight excluding hydrogens is 276 g/mol. The Morgan fingerprint density at radius 3 is 2.86 bits per heavy atom. The van der Waals surface area contributed by atoms with Crippen LogP contribution in [0.15, 0.2) is 36.0 Å². The summed E-state index contributed by atoms with van der Waals surface area (Å²) in [5, 5.41) is 10.7. The van der Waals surface area contributed by atoms with Crippen molar-refractivity contribution >= 4 is 11.9 Å². The van der Waals surface area contributed by atoms with Gasteiger partial charge in [0.05, 0.1) is 0 Å². The Kier molecular flexibility index (Phi) is 6.32. The lowest BCUT2D eigenvalue weighted by Crippen LogP contribution is -2.22. The number of ether oxygens (including phenoxy) is 1. The average Bonchev–Trinajstić information content (AvgIpc) is 2.43. The highest BCUT2D eigenvalue weighted by Gasteiger charge is 2.23. The van der Waals surface area contributed by atoms with Gasteiger partial charge in [0.25, 0.3) is 0 Å². The molecule has 1 aliphatic carbocycles. The number of nitro groups is 1. The van der Waals surface area contributed by atoms with Gasteiger partial charge in [-0.25, -0.2) is 4.79 Å². The molecule has 0 aromatic rings. The first-order valence-corrected chi connectivity index (χ1v) is 6.57. The third-order valence-electron chi connectivity index (χ3n) is 2.94. The highest BCUT2D eigenvalue weighted by Crippen LogP contribution is 2.21. The number of hydrogen-bond acceptors (Lipinski definition) is 5. The van der Waals surface area contributed by atoms with Crippen molar-refractivity contribution in [2.45, 2.75) is 38.3 Å². The van der Waals surface area contributed by atoms with E-state index in [0.29, 0.717) is 19.3 Å². The second-order valence-corrected chi connectivity index (χ2v) is 4.74. The topological polar surface area (TPSA) is 113 Å². The maximum Gasteiger partial charge on any atom is 0.331 e. The highest BCUT2D eigenvalue weighted by molar-refractivity contribution is 5.86. The largest absolute Gasteiger partial charge is 0.455 e. The molecule has 21 heavy (non-hydrogen) atoms. The van der Waals surface area contributed by atoms with E-state index in [0.717, 1.165) is 11.6 Å². The molecule has 2 N–H and O–H groups in total. The first kappa shape index (κ1) is 16.6. The normalized spacial score (nSPS) is 20.2. The molecule has 2 unspecified atom stereocenters. The summed E-state index contributed by atoms with van der Waals surface area (Å²) in [6.07, 6.45) is 7.99. The number of allylic oxidation sites excluding steroid dienone is 2. The van der Waals surface area contributed by atoms with Crippen LogP contribution in [-0.4, -0.2) is 28.9 Å². The summed E-state index contributed by atoms with van der Waals surface area (Å²) in [6, 6.07) is -0.594. The minimum Gasteiger partial charge on any atom is -0.455 e. The fourth-order valence-corrected chi connectivity index (χ4v) is 1.90. The van der Waals surface area contributed by atoms with Crippen LogP contribution in [0.25, 0.3) is 0 Å². The SMILES string of the molecule is CC(/C=C\C(N)=O)OC(=O)/C=C/C1=CCCC([N+](=O)[O-])C1. The molecule has 0 saturated heterocycles. The van der Waals surface area contributed by atoms with Crippen molar-refractivity contribution in [3.05, 3.63) is 46.1 Å². The van der Waals surface area contributed by atoms with Crippen LogP contribution in [0.1, 0.15) is 26.2 Å². The number of nitrogens with two attached hydrogens (primary N) is 1. The van der Waals surface area contributed by atoms with Crippen LogP contribution in [-0.2, 0) is 14.3 Å². The minimum absolute atomic E-state index is 0.296. The van der Waals surface area contributed by atoms with E-state index in [2.05, 4.69) is 0 Å². The number of hydrogen-bond donors (Lipinski definition) is 1.